The van der Waals surface area contributed by atoms with Gasteiger partial charge in [0.15, 0.2) is 5.96 Å². The summed E-state index contributed by atoms with van der Waals surface area (Å²) in [5.74, 6) is 1.09. The number of hydrogen-bond donors (Lipinski definition) is 2. The Labute approximate surface area is 181 Å². The third-order valence-electron chi connectivity index (χ3n) is 4.95. The Morgan fingerprint density at radius 1 is 1.14 bits per heavy atom. The van der Waals surface area contributed by atoms with Crippen LogP contribution < -0.4 is 15.4 Å². The van der Waals surface area contributed by atoms with Gasteiger partial charge in [-0.1, -0.05) is 6.42 Å². The summed E-state index contributed by atoms with van der Waals surface area (Å²) in [4.78, 5) is 4.20. The maximum atomic E-state index is 12.5. The average Bonchev–Trinajstić information content (AvgIpc) is 2.61. The lowest BCUT2D eigenvalue weighted by atomic mass is 9.67. The van der Waals surface area contributed by atoms with Crippen LogP contribution in [0.2, 0.25) is 0 Å². The highest BCUT2D eigenvalue weighted by molar-refractivity contribution is 14.0. The van der Waals surface area contributed by atoms with Crippen LogP contribution in [0.15, 0.2) is 29.3 Å². The summed E-state index contributed by atoms with van der Waals surface area (Å²) < 4.78 is 48.3. The van der Waals surface area contributed by atoms with Crippen molar-refractivity contribution in [3.05, 3.63) is 29.8 Å². The molecule has 28 heavy (non-hydrogen) atoms. The van der Waals surface area contributed by atoms with E-state index in [4.69, 9.17) is 9.47 Å². The topological polar surface area (TPSA) is 54.9 Å². The fourth-order valence-corrected chi connectivity index (χ4v) is 3.08. The molecule has 0 amide bonds. The summed E-state index contributed by atoms with van der Waals surface area (Å²) in [5, 5.41) is 6.50. The van der Waals surface area contributed by atoms with E-state index in [0.717, 1.165) is 31.7 Å². The number of ether oxygens (including phenoxy) is 2. The van der Waals surface area contributed by atoms with Gasteiger partial charge >= 0.3 is 6.18 Å². The van der Waals surface area contributed by atoms with Crippen molar-refractivity contribution < 1.29 is 22.6 Å². The fraction of sp³-hybridized carbons (Fsp3) is 0.632. The van der Waals surface area contributed by atoms with Crippen LogP contribution in [0.1, 0.15) is 31.2 Å². The molecule has 5 nitrogen and oxygen atoms in total. The number of benzene rings is 1. The summed E-state index contributed by atoms with van der Waals surface area (Å²) in [5.41, 5.74) is -0.402. The smallest absolute Gasteiger partial charge is 0.416 e. The molecule has 0 aromatic heterocycles. The largest absolute Gasteiger partial charge is 0.492 e. The minimum atomic E-state index is -4.33. The SMILES string of the molecule is CN=C(NCCOc1ccc(C(F)(F)F)cc1)NCC1(CCOC)CCC1.I. The van der Waals surface area contributed by atoms with Gasteiger partial charge in [0.1, 0.15) is 12.4 Å². The molecule has 2 rings (SSSR count). The van der Waals surface area contributed by atoms with Crippen molar-refractivity contribution in [1.29, 1.82) is 0 Å². The van der Waals surface area contributed by atoms with Crippen LogP contribution in [0.5, 0.6) is 5.75 Å². The standard InChI is InChI=1S/C19H28F3N3O2.HI/c1-23-17(25-14-18(8-3-9-18)10-12-26-2)24-11-13-27-16-6-4-15(5-7-16)19(20,21)22;/h4-7H,3,8-14H2,1-2H3,(H2,23,24,25);1H. The zero-order chi connectivity index (χ0) is 19.8. The molecule has 2 N–H and O–H groups in total. The molecule has 0 radical (unpaired) electrons. The lowest BCUT2D eigenvalue weighted by Gasteiger charge is -2.42. The van der Waals surface area contributed by atoms with Crippen molar-refractivity contribution in [2.45, 2.75) is 31.9 Å². The molecule has 1 fully saturated rings. The highest BCUT2D eigenvalue weighted by Crippen LogP contribution is 2.43. The van der Waals surface area contributed by atoms with Crippen LogP contribution in [0.4, 0.5) is 13.2 Å². The first-order valence-corrected chi connectivity index (χ1v) is 9.12. The summed E-state index contributed by atoms with van der Waals surface area (Å²) in [7, 11) is 3.42. The number of rotatable bonds is 9. The molecule has 1 aliphatic carbocycles. The Hall–Kier alpha value is -1.23. The summed E-state index contributed by atoms with van der Waals surface area (Å²) in [6.45, 7) is 2.41. The Morgan fingerprint density at radius 3 is 2.32 bits per heavy atom. The molecule has 0 bridgehead atoms. The van der Waals surface area contributed by atoms with Gasteiger partial charge in [-0.3, -0.25) is 4.99 Å². The first-order valence-electron chi connectivity index (χ1n) is 9.12. The molecule has 9 heteroatoms. The van der Waals surface area contributed by atoms with Gasteiger partial charge in [0.2, 0.25) is 0 Å². The van der Waals surface area contributed by atoms with E-state index in [1.54, 1.807) is 14.2 Å². The van der Waals surface area contributed by atoms with Crippen molar-refractivity contribution in [3.8, 4) is 5.75 Å². The predicted octanol–water partition coefficient (Wildman–Crippen LogP) is 4.07. The quantitative estimate of drug-likeness (QED) is 0.226. The summed E-state index contributed by atoms with van der Waals surface area (Å²) in [6, 6.07) is 4.68. The molecule has 0 saturated heterocycles. The first-order chi connectivity index (χ1) is 12.9. The number of alkyl halides is 3. The third-order valence-corrected chi connectivity index (χ3v) is 4.95. The van der Waals surface area contributed by atoms with E-state index in [0.29, 0.717) is 24.9 Å². The van der Waals surface area contributed by atoms with Crippen molar-refractivity contribution in [3.63, 3.8) is 0 Å². The van der Waals surface area contributed by atoms with E-state index in [1.165, 1.54) is 31.4 Å². The Kier molecular flexibility index (Phi) is 10.4. The molecular formula is C19H29F3IN3O2. The van der Waals surface area contributed by atoms with E-state index in [9.17, 15) is 13.2 Å². The summed E-state index contributed by atoms with van der Waals surface area (Å²) in [6.07, 6.45) is 0.330. The fourth-order valence-electron chi connectivity index (χ4n) is 3.08. The molecular weight excluding hydrogens is 486 g/mol. The van der Waals surface area contributed by atoms with Gasteiger partial charge in [-0.25, -0.2) is 0 Å². The van der Waals surface area contributed by atoms with E-state index >= 15 is 0 Å². The minimum absolute atomic E-state index is 0. The van der Waals surface area contributed by atoms with Gasteiger partial charge in [-0.2, -0.15) is 13.2 Å². The lowest BCUT2D eigenvalue weighted by Crippen LogP contribution is -2.47. The minimum Gasteiger partial charge on any atom is -0.492 e. The van der Waals surface area contributed by atoms with Crippen LogP contribution in [0, 0.1) is 5.41 Å². The van der Waals surface area contributed by atoms with E-state index in [1.807, 2.05) is 0 Å². The van der Waals surface area contributed by atoms with Crippen molar-refractivity contribution in [2.24, 2.45) is 10.4 Å². The number of hydrogen-bond acceptors (Lipinski definition) is 3. The molecule has 1 aromatic carbocycles. The molecule has 1 aliphatic rings. The molecule has 0 spiro atoms. The number of methoxy groups -OCH3 is 1. The second-order valence-electron chi connectivity index (χ2n) is 6.82. The Balaban J connectivity index is 0.00000392. The molecule has 160 valence electrons. The van der Waals surface area contributed by atoms with Gasteiger partial charge < -0.3 is 20.1 Å². The van der Waals surface area contributed by atoms with Crippen molar-refractivity contribution >= 4 is 29.9 Å². The second kappa shape index (κ2) is 11.7. The number of guanidine groups is 1. The maximum Gasteiger partial charge on any atom is 0.416 e. The van der Waals surface area contributed by atoms with Gasteiger partial charge in [0.25, 0.3) is 0 Å². The van der Waals surface area contributed by atoms with Gasteiger partial charge in [-0.15, -0.1) is 24.0 Å². The Morgan fingerprint density at radius 2 is 1.82 bits per heavy atom. The van der Waals surface area contributed by atoms with Crippen molar-refractivity contribution in [2.75, 3.05) is 40.5 Å². The monoisotopic (exact) mass is 515 g/mol. The van der Waals surface area contributed by atoms with Crippen LogP contribution in [-0.2, 0) is 10.9 Å². The number of halogens is 4. The number of nitrogens with zero attached hydrogens (tertiary/aromatic N) is 1. The highest BCUT2D eigenvalue weighted by Gasteiger charge is 2.36. The Bertz CT molecular complexity index is 605. The highest BCUT2D eigenvalue weighted by atomic mass is 127. The summed E-state index contributed by atoms with van der Waals surface area (Å²) >= 11 is 0. The maximum absolute atomic E-state index is 12.5. The molecule has 0 atom stereocenters. The van der Waals surface area contributed by atoms with E-state index in [2.05, 4.69) is 15.6 Å². The molecule has 0 heterocycles. The van der Waals surface area contributed by atoms with Gasteiger partial charge in [-0.05, 0) is 48.9 Å². The van der Waals surface area contributed by atoms with Gasteiger partial charge in [0.05, 0.1) is 12.1 Å². The van der Waals surface area contributed by atoms with Gasteiger partial charge in [0, 0.05) is 27.3 Å². The zero-order valence-corrected chi connectivity index (χ0v) is 18.6. The predicted molar refractivity (Wildman–Crippen MR) is 114 cm³/mol. The average molecular weight is 515 g/mol. The third kappa shape index (κ3) is 7.65. The van der Waals surface area contributed by atoms with Crippen molar-refractivity contribution in [1.82, 2.24) is 10.6 Å². The lowest BCUT2D eigenvalue weighted by molar-refractivity contribution is -0.137. The van der Waals surface area contributed by atoms with Crippen LogP contribution in [0.25, 0.3) is 0 Å². The zero-order valence-electron chi connectivity index (χ0n) is 16.3. The van der Waals surface area contributed by atoms with E-state index < -0.39 is 11.7 Å². The van der Waals surface area contributed by atoms with Crippen LogP contribution in [-0.4, -0.2) is 46.4 Å². The van der Waals surface area contributed by atoms with Crippen LogP contribution in [0.3, 0.4) is 0 Å². The molecule has 0 unspecified atom stereocenters. The number of nitrogens with one attached hydrogen (secondary N) is 2. The first kappa shape index (κ1) is 24.8. The molecule has 0 aliphatic heterocycles. The van der Waals surface area contributed by atoms with Crippen LogP contribution >= 0.6 is 24.0 Å². The number of aliphatic imine (C=N–C) groups is 1. The molecule has 1 aromatic rings. The molecule has 1 saturated carbocycles. The normalized spacial score (nSPS) is 16.0. The van der Waals surface area contributed by atoms with E-state index in [-0.39, 0.29) is 29.4 Å². The second-order valence-corrected chi connectivity index (χ2v) is 6.82.